The van der Waals surface area contributed by atoms with Crippen LogP contribution in [0.1, 0.15) is 25.5 Å². The summed E-state index contributed by atoms with van der Waals surface area (Å²) in [5.41, 5.74) is 1.33. The van der Waals surface area contributed by atoms with Gasteiger partial charge in [0.1, 0.15) is 4.93 Å². The third kappa shape index (κ3) is 1.60. The van der Waals surface area contributed by atoms with Crippen LogP contribution in [0, 0.1) is 5.92 Å². The van der Waals surface area contributed by atoms with Crippen molar-refractivity contribution in [2.75, 3.05) is 0 Å². The van der Waals surface area contributed by atoms with E-state index in [2.05, 4.69) is 62.4 Å². The molecule has 0 aromatic heterocycles. The maximum atomic E-state index is 6.23. The van der Waals surface area contributed by atoms with E-state index < -0.39 is 0 Å². The van der Waals surface area contributed by atoms with Crippen molar-refractivity contribution in [2.24, 2.45) is 5.92 Å². The molecule has 0 amide bonds. The van der Waals surface area contributed by atoms with Crippen LogP contribution in [0.4, 0.5) is 0 Å². The minimum absolute atomic E-state index is 0.0360. The van der Waals surface area contributed by atoms with E-state index in [4.69, 9.17) is 4.74 Å². The molecular weight excluding hydrogens is 252 g/mol. The number of hydrogen-bond acceptors (Lipinski definition) is 2. The van der Waals surface area contributed by atoms with Crippen molar-refractivity contribution in [3.63, 3.8) is 0 Å². The van der Waals surface area contributed by atoms with Gasteiger partial charge in [-0.25, -0.2) is 0 Å². The molecule has 0 spiro atoms. The number of ether oxygens (including phenoxy) is 1. The molecule has 0 bridgehead atoms. The van der Waals surface area contributed by atoms with E-state index in [0.29, 0.717) is 5.92 Å². The Morgan fingerprint density at radius 1 is 1.11 bits per heavy atom. The van der Waals surface area contributed by atoms with Gasteiger partial charge in [-0.3, -0.25) is 0 Å². The zero-order valence-electron chi connectivity index (χ0n) is 11.1. The van der Waals surface area contributed by atoms with Crippen LogP contribution in [0.3, 0.4) is 0 Å². The molecule has 2 aromatic rings. The Labute approximate surface area is 117 Å². The largest absolute Gasteiger partial charge is 0.355 e. The normalized spacial score (nSPS) is 32.8. The van der Waals surface area contributed by atoms with Crippen molar-refractivity contribution in [2.45, 2.75) is 24.9 Å². The summed E-state index contributed by atoms with van der Waals surface area (Å²) in [6, 6.07) is 15.1. The monoisotopic (exact) mass is 268 g/mol. The average molecular weight is 268 g/mol. The van der Waals surface area contributed by atoms with Crippen LogP contribution in [-0.4, -0.2) is 4.93 Å². The molecule has 2 aliphatic rings. The van der Waals surface area contributed by atoms with Gasteiger partial charge in [-0.05, 0) is 35.1 Å². The topological polar surface area (TPSA) is 9.23 Å². The molecule has 2 heteroatoms. The lowest BCUT2D eigenvalue weighted by Gasteiger charge is -2.48. The summed E-state index contributed by atoms with van der Waals surface area (Å²) in [6.45, 7) is 4.38. The summed E-state index contributed by atoms with van der Waals surface area (Å²) in [5.74, 6) is 0.503. The summed E-state index contributed by atoms with van der Waals surface area (Å²) < 4.78 is 6.23. The van der Waals surface area contributed by atoms with E-state index >= 15 is 0 Å². The third-order valence-electron chi connectivity index (χ3n) is 4.20. The van der Waals surface area contributed by atoms with E-state index in [9.17, 15) is 0 Å². The molecule has 1 nitrogen and oxygen atoms in total. The van der Waals surface area contributed by atoms with Crippen molar-refractivity contribution < 1.29 is 4.74 Å². The van der Waals surface area contributed by atoms with E-state index in [0.717, 1.165) is 0 Å². The van der Waals surface area contributed by atoms with Crippen LogP contribution >= 0.6 is 11.8 Å². The molecule has 0 radical (unpaired) electrons. The summed E-state index contributed by atoms with van der Waals surface area (Å²) >= 11 is 1.86. The molecule has 0 saturated carbocycles. The van der Waals surface area contributed by atoms with Gasteiger partial charge in [0.25, 0.3) is 0 Å². The Kier molecular flexibility index (Phi) is 2.36. The highest BCUT2D eigenvalue weighted by molar-refractivity contribution is 8.04. The Morgan fingerprint density at radius 2 is 1.89 bits per heavy atom. The van der Waals surface area contributed by atoms with Crippen LogP contribution < -0.4 is 0 Å². The molecule has 19 heavy (non-hydrogen) atoms. The molecule has 2 aromatic carbocycles. The van der Waals surface area contributed by atoms with E-state index in [-0.39, 0.29) is 11.0 Å². The molecule has 0 unspecified atom stereocenters. The number of hydrogen-bond donors (Lipinski definition) is 0. The van der Waals surface area contributed by atoms with E-state index in [1.807, 2.05) is 11.8 Å². The highest BCUT2D eigenvalue weighted by Gasteiger charge is 2.55. The Bertz CT molecular complexity index is 685. The molecule has 0 N–H and O–H groups in total. The Morgan fingerprint density at radius 3 is 2.74 bits per heavy atom. The fourth-order valence-corrected chi connectivity index (χ4v) is 4.63. The van der Waals surface area contributed by atoms with Gasteiger partial charge >= 0.3 is 0 Å². The molecule has 96 valence electrons. The zero-order valence-corrected chi connectivity index (χ0v) is 11.9. The van der Waals surface area contributed by atoms with Gasteiger partial charge in [0.05, 0.1) is 6.10 Å². The lowest BCUT2D eigenvalue weighted by Crippen LogP contribution is -2.47. The predicted octanol–water partition coefficient (Wildman–Crippen LogP) is 4.89. The molecule has 0 aliphatic carbocycles. The summed E-state index contributed by atoms with van der Waals surface area (Å²) in [6.07, 6.45) is 2.58. The number of fused-ring (bicyclic) bond motifs is 2. The first kappa shape index (κ1) is 11.6. The first-order valence-corrected chi connectivity index (χ1v) is 7.52. The van der Waals surface area contributed by atoms with Gasteiger partial charge in [-0.15, -0.1) is 0 Å². The first-order valence-electron chi connectivity index (χ1n) is 6.70. The van der Waals surface area contributed by atoms with Crippen LogP contribution in [0.15, 0.2) is 53.4 Å². The minimum atomic E-state index is -0.0360. The highest BCUT2D eigenvalue weighted by atomic mass is 32.2. The van der Waals surface area contributed by atoms with E-state index in [1.165, 1.54) is 21.2 Å². The van der Waals surface area contributed by atoms with Gasteiger partial charge in [0.2, 0.25) is 0 Å². The van der Waals surface area contributed by atoms with Crippen LogP contribution in [0.25, 0.3) is 10.8 Å². The summed E-state index contributed by atoms with van der Waals surface area (Å²) in [7, 11) is 0. The zero-order chi connectivity index (χ0) is 13.0. The van der Waals surface area contributed by atoms with Gasteiger partial charge < -0.3 is 4.74 Å². The second-order valence-electron chi connectivity index (χ2n) is 5.53. The van der Waals surface area contributed by atoms with Gasteiger partial charge in [0, 0.05) is 5.92 Å². The Balaban J connectivity index is 1.81. The van der Waals surface area contributed by atoms with Crippen molar-refractivity contribution in [1.29, 1.82) is 0 Å². The Hall–Kier alpha value is -1.25. The number of benzene rings is 2. The van der Waals surface area contributed by atoms with Crippen LogP contribution in [-0.2, 0) is 4.74 Å². The lowest BCUT2D eigenvalue weighted by molar-refractivity contribution is -0.179. The summed E-state index contributed by atoms with van der Waals surface area (Å²) in [4.78, 5) is 1.35. The first-order chi connectivity index (χ1) is 9.17. The van der Waals surface area contributed by atoms with Gasteiger partial charge in [0.15, 0.2) is 0 Å². The van der Waals surface area contributed by atoms with Gasteiger partial charge in [-0.1, -0.05) is 60.3 Å². The quantitative estimate of drug-likeness (QED) is 0.728. The fraction of sp³-hybridized carbons (Fsp3) is 0.294. The van der Waals surface area contributed by atoms with Crippen LogP contribution in [0.2, 0.25) is 0 Å². The van der Waals surface area contributed by atoms with Crippen molar-refractivity contribution in [1.82, 2.24) is 0 Å². The second kappa shape index (κ2) is 3.87. The molecule has 1 saturated heterocycles. The minimum Gasteiger partial charge on any atom is -0.355 e. The van der Waals surface area contributed by atoms with Crippen LogP contribution in [0.5, 0.6) is 0 Å². The molecular formula is C17H16OS. The standard InChI is InChI=1S/C17H16OS/c1-11-10-15-16(18-17(15,2)19-11)14-9-5-7-12-6-3-4-8-13(12)14/h3-10,15-16H,1-2H3/t15-,16-,17-/m0/s1. The van der Waals surface area contributed by atoms with Crippen molar-refractivity contribution in [3.05, 3.63) is 59.0 Å². The maximum Gasteiger partial charge on any atom is 0.125 e. The molecule has 2 aliphatic heterocycles. The number of thioether (sulfide) groups is 1. The van der Waals surface area contributed by atoms with Crippen molar-refractivity contribution >= 4 is 22.5 Å². The highest BCUT2D eigenvalue weighted by Crippen LogP contribution is 2.62. The molecule has 3 atom stereocenters. The number of allylic oxidation sites excluding steroid dienone is 1. The van der Waals surface area contributed by atoms with E-state index in [1.54, 1.807) is 0 Å². The maximum absolute atomic E-state index is 6.23. The lowest BCUT2D eigenvalue weighted by atomic mass is 9.83. The fourth-order valence-electron chi connectivity index (χ4n) is 3.30. The van der Waals surface area contributed by atoms with Gasteiger partial charge in [-0.2, -0.15) is 0 Å². The molecule has 2 heterocycles. The molecule has 1 fully saturated rings. The predicted molar refractivity (Wildman–Crippen MR) is 81.0 cm³/mol. The second-order valence-corrected chi connectivity index (χ2v) is 7.19. The third-order valence-corrected chi connectivity index (χ3v) is 5.43. The summed E-state index contributed by atoms with van der Waals surface area (Å²) in [5, 5.41) is 2.61. The smallest absolute Gasteiger partial charge is 0.125 e. The van der Waals surface area contributed by atoms with Crippen molar-refractivity contribution in [3.8, 4) is 0 Å². The average Bonchev–Trinajstić information content (AvgIpc) is 2.63. The molecule has 4 rings (SSSR count). The SMILES string of the molecule is CC1=C[C@H]2[C@H](c3cccc4ccccc34)O[C@@]2(C)S1. The number of rotatable bonds is 1.